The number of esters is 1. The van der Waals surface area contributed by atoms with E-state index in [2.05, 4.69) is 15.3 Å². The van der Waals surface area contributed by atoms with Gasteiger partial charge in [0.15, 0.2) is 5.82 Å². The first-order chi connectivity index (χ1) is 11.8. The van der Waals surface area contributed by atoms with Gasteiger partial charge in [-0.05, 0) is 13.8 Å². The molecule has 0 radical (unpaired) electrons. The van der Waals surface area contributed by atoms with Gasteiger partial charge >= 0.3 is 5.97 Å². The summed E-state index contributed by atoms with van der Waals surface area (Å²) in [4.78, 5) is 30.0. The summed E-state index contributed by atoms with van der Waals surface area (Å²) < 4.78 is 33.2. The molecule has 0 bridgehead atoms. The molecule has 0 aliphatic heterocycles. The number of benzene rings is 1. The Kier molecular flexibility index (Phi) is 5.84. The molecular weight excluding hydrogens is 332 g/mol. The summed E-state index contributed by atoms with van der Waals surface area (Å²) in [6.45, 7) is 2.67. The van der Waals surface area contributed by atoms with E-state index >= 15 is 0 Å². The lowest BCUT2D eigenvalue weighted by Gasteiger charge is -2.17. The van der Waals surface area contributed by atoms with Crippen molar-refractivity contribution < 1.29 is 18.3 Å². The van der Waals surface area contributed by atoms with Crippen LogP contribution in [0.5, 0.6) is 0 Å². The van der Waals surface area contributed by atoms with Gasteiger partial charge < -0.3 is 15.0 Å². The summed E-state index contributed by atoms with van der Waals surface area (Å²) in [5, 5.41) is 2.37. The molecular formula is C17H19F2N3O3. The first kappa shape index (κ1) is 18.6. The van der Waals surface area contributed by atoms with Gasteiger partial charge in [0.1, 0.15) is 0 Å². The maximum absolute atomic E-state index is 14.2. The predicted octanol–water partition coefficient (Wildman–Crippen LogP) is 2.39. The number of carbonyl (C=O) groups is 1. The number of halogens is 2. The number of hydrogen-bond donors (Lipinski definition) is 2. The Morgan fingerprint density at radius 1 is 1.32 bits per heavy atom. The molecule has 0 aliphatic carbocycles. The lowest BCUT2D eigenvalue weighted by molar-refractivity contribution is -0.142. The van der Waals surface area contributed by atoms with Gasteiger partial charge in [-0.2, -0.15) is 8.78 Å². The quantitative estimate of drug-likeness (QED) is 0.749. The van der Waals surface area contributed by atoms with Crippen molar-refractivity contribution in [1.82, 2.24) is 9.97 Å². The first-order valence-electron chi connectivity index (χ1n) is 7.76. The van der Waals surface area contributed by atoms with Crippen LogP contribution >= 0.6 is 0 Å². The fourth-order valence-corrected chi connectivity index (χ4v) is 2.19. The molecule has 2 rings (SSSR count). The number of nitrogens with one attached hydrogen (secondary N) is 2. The second-order valence-electron chi connectivity index (χ2n) is 5.39. The zero-order valence-electron chi connectivity index (χ0n) is 13.9. The van der Waals surface area contributed by atoms with Crippen LogP contribution in [0.3, 0.4) is 0 Å². The van der Waals surface area contributed by atoms with Crippen molar-refractivity contribution in [3.63, 3.8) is 0 Å². The van der Waals surface area contributed by atoms with Gasteiger partial charge in [0.05, 0.1) is 25.3 Å². The number of aromatic nitrogens is 2. The molecule has 0 saturated heterocycles. The van der Waals surface area contributed by atoms with Gasteiger partial charge in [0, 0.05) is 11.3 Å². The molecule has 25 heavy (non-hydrogen) atoms. The van der Waals surface area contributed by atoms with Crippen LogP contribution in [0.4, 0.5) is 14.6 Å². The molecule has 0 spiro atoms. The predicted molar refractivity (Wildman–Crippen MR) is 88.8 cm³/mol. The van der Waals surface area contributed by atoms with Crippen molar-refractivity contribution in [2.24, 2.45) is 0 Å². The number of ether oxygens (including phenoxy) is 1. The van der Waals surface area contributed by atoms with E-state index in [4.69, 9.17) is 4.74 Å². The topological polar surface area (TPSA) is 84.1 Å². The standard InChI is InChI=1S/C17H19F2N3O3/c1-3-25-14(23)9-13-11(2)21-16(24)15(22-13)20-10-17(18,19)12-7-5-4-6-8-12/h4-8H,3,9-10H2,1-2H3,(H,20,22)(H,21,24). The van der Waals surface area contributed by atoms with E-state index < -0.39 is 24.0 Å². The maximum atomic E-state index is 14.2. The molecule has 0 amide bonds. The Morgan fingerprint density at radius 3 is 2.64 bits per heavy atom. The number of rotatable bonds is 7. The minimum atomic E-state index is -3.18. The number of carbonyl (C=O) groups excluding carboxylic acids is 1. The molecule has 0 saturated carbocycles. The van der Waals surface area contributed by atoms with Crippen LogP contribution in [0.2, 0.25) is 0 Å². The average molecular weight is 351 g/mol. The van der Waals surface area contributed by atoms with E-state index in [-0.39, 0.29) is 30.1 Å². The second-order valence-corrected chi connectivity index (χ2v) is 5.39. The Hall–Kier alpha value is -2.77. The van der Waals surface area contributed by atoms with E-state index in [0.29, 0.717) is 5.69 Å². The Morgan fingerprint density at radius 2 is 2.00 bits per heavy atom. The molecule has 0 atom stereocenters. The molecule has 134 valence electrons. The molecule has 2 aromatic rings. The summed E-state index contributed by atoms with van der Waals surface area (Å²) in [7, 11) is 0. The summed E-state index contributed by atoms with van der Waals surface area (Å²) in [6, 6.07) is 7.28. The van der Waals surface area contributed by atoms with Crippen LogP contribution in [0.1, 0.15) is 23.9 Å². The van der Waals surface area contributed by atoms with Gasteiger partial charge in [0.2, 0.25) is 0 Å². The molecule has 6 nitrogen and oxygen atoms in total. The van der Waals surface area contributed by atoms with E-state index in [1.807, 2.05) is 0 Å². The van der Waals surface area contributed by atoms with Crippen molar-refractivity contribution in [2.45, 2.75) is 26.2 Å². The third kappa shape index (κ3) is 4.85. The molecule has 1 aromatic heterocycles. The summed E-state index contributed by atoms with van der Waals surface area (Å²) in [5.74, 6) is -3.95. The smallest absolute Gasteiger partial charge is 0.311 e. The molecule has 1 heterocycles. The van der Waals surface area contributed by atoms with Gasteiger partial charge in [0.25, 0.3) is 11.5 Å². The molecule has 0 aliphatic rings. The second kappa shape index (κ2) is 7.87. The van der Waals surface area contributed by atoms with Gasteiger partial charge in [-0.3, -0.25) is 9.59 Å². The number of hydrogen-bond acceptors (Lipinski definition) is 5. The minimum absolute atomic E-state index is 0.153. The highest BCUT2D eigenvalue weighted by molar-refractivity contribution is 5.72. The van der Waals surface area contributed by atoms with Gasteiger partial charge in [-0.25, -0.2) is 4.98 Å². The fraction of sp³-hybridized carbons (Fsp3) is 0.353. The largest absolute Gasteiger partial charge is 0.466 e. The molecule has 2 N–H and O–H groups in total. The normalized spacial score (nSPS) is 11.2. The van der Waals surface area contributed by atoms with Crippen molar-refractivity contribution in [3.8, 4) is 0 Å². The lowest BCUT2D eigenvalue weighted by atomic mass is 10.1. The van der Waals surface area contributed by atoms with Crippen molar-refractivity contribution in [2.75, 3.05) is 18.5 Å². The zero-order valence-corrected chi connectivity index (χ0v) is 13.9. The fourth-order valence-electron chi connectivity index (χ4n) is 2.19. The lowest BCUT2D eigenvalue weighted by Crippen LogP contribution is -2.29. The first-order valence-corrected chi connectivity index (χ1v) is 7.76. The highest BCUT2D eigenvalue weighted by Crippen LogP contribution is 2.27. The number of anilines is 1. The Bertz CT molecular complexity index is 791. The summed E-state index contributed by atoms with van der Waals surface area (Å²) >= 11 is 0. The highest BCUT2D eigenvalue weighted by atomic mass is 19.3. The van der Waals surface area contributed by atoms with E-state index in [9.17, 15) is 18.4 Å². The maximum Gasteiger partial charge on any atom is 0.311 e. The SMILES string of the molecule is CCOC(=O)Cc1nc(NCC(F)(F)c2ccccc2)c(=O)[nH]c1C. The number of aromatic amines is 1. The third-order valence-electron chi connectivity index (χ3n) is 3.49. The molecule has 0 fully saturated rings. The van der Waals surface area contributed by atoms with Crippen LogP contribution in [0.25, 0.3) is 0 Å². The number of nitrogens with zero attached hydrogens (tertiary/aromatic N) is 1. The zero-order chi connectivity index (χ0) is 18.4. The van der Waals surface area contributed by atoms with Gasteiger partial charge in [-0.1, -0.05) is 30.3 Å². The molecule has 8 heteroatoms. The highest BCUT2D eigenvalue weighted by Gasteiger charge is 2.31. The van der Waals surface area contributed by atoms with Crippen LogP contribution in [0, 0.1) is 6.92 Å². The van der Waals surface area contributed by atoms with Crippen molar-refractivity contribution in [1.29, 1.82) is 0 Å². The third-order valence-corrected chi connectivity index (χ3v) is 3.49. The summed E-state index contributed by atoms with van der Waals surface area (Å²) in [6.07, 6.45) is -0.153. The monoisotopic (exact) mass is 351 g/mol. The van der Waals surface area contributed by atoms with Gasteiger partial charge in [-0.15, -0.1) is 0 Å². The Labute approximate surface area is 143 Å². The number of alkyl halides is 2. The number of aryl methyl sites for hydroxylation is 1. The van der Waals surface area contributed by atoms with Crippen LogP contribution in [0.15, 0.2) is 35.1 Å². The van der Waals surface area contributed by atoms with Crippen molar-refractivity contribution >= 4 is 11.8 Å². The minimum Gasteiger partial charge on any atom is -0.466 e. The van der Waals surface area contributed by atoms with Crippen molar-refractivity contribution in [3.05, 3.63) is 57.6 Å². The van der Waals surface area contributed by atoms with Crippen LogP contribution in [-0.4, -0.2) is 29.1 Å². The molecule has 0 unspecified atom stereocenters. The molecule has 1 aromatic carbocycles. The van der Waals surface area contributed by atoms with E-state index in [0.717, 1.165) is 0 Å². The average Bonchev–Trinajstić information content (AvgIpc) is 2.57. The van der Waals surface area contributed by atoms with E-state index in [1.165, 1.54) is 24.3 Å². The number of H-pyrrole nitrogens is 1. The van der Waals surface area contributed by atoms with Crippen LogP contribution < -0.4 is 10.9 Å². The van der Waals surface area contributed by atoms with Crippen LogP contribution in [-0.2, 0) is 21.9 Å². The van der Waals surface area contributed by atoms with E-state index in [1.54, 1.807) is 19.9 Å². The Balaban J connectivity index is 2.16. The summed E-state index contributed by atoms with van der Waals surface area (Å²) in [5.41, 5.74) is -0.145.